The van der Waals surface area contributed by atoms with Crippen molar-refractivity contribution in [2.45, 2.75) is 13.0 Å². The number of fused-ring (bicyclic) bond motifs is 1. The van der Waals surface area contributed by atoms with Crippen LogP contribution in [0.4, 0.5) is 0 Å². The first-order valence-electron chi connectivity index (χ1n) is 5.82. The first-order valence-corrected chi connectivity index (χ1v) is 5.82. The number of hydrogen-bond donors (Lipinski definition) is 1. The van der Waals surface area contributed by atoms with E-state index in [4.69, 9.17) is 14.6 Å². The molecule has 0 bridgehead atoms. The van der Waals surface area contributed by atoms with E-state index < -0.39 is 12.0 Å². The van der Waals surface area contributed by atoms with Crippen LogP contribution in [0.2, 0.25) is 0 Å². The first kappa shape index (κ1) is 11.6. The molecular formula is C13H12N2O4. The molecule has 1 aliphatic rings. The minimum Gasteiger partial charge on any atom is -0.480 e. The summed E-state index contributed by atoms with van der Waals surface area (Å²) in [5, 5.41) is 13.0. The Morgan fingerprint density at radius 1 is 1.37 bits per heavy atom. The smallest absolute Gasteiger partial charge is 0.328 e. The van der Waals surface area contributed by atoms with E-state index in [1.165, 1.54) is 4.68 Å². The molecule has 1 atom stereocenters. The second-order valence-corrected chi connectivity index (χ2v) is 4.29. The van der Waals surface area contributed by atoms with Gasteiger partial charge in [0.2, 0.25) is 6.79 Å². The fourth-order valence-electron chi connectivity index (χ4n) is 1.89. The van der Waals surface area contributed by atoms with Crippen molar-refractivity contribution in [3.05, 3.63) is 30.6 Å². The molecule has 19 heavy (non-hydrogen) atoms. The maximum atomic E-state index is 10.9. The molecule has 2 heterocycles. The Morgan fingerprint density at radius 2 is 2.16 bits per heavy atom. The van der Waals surface area contributed by atoms with Crippen LogP contribution in [-0.4, -0.2) is 27.6 Å². The molecule has 98 valence electrons. The minimum absolute atomic E-state index is 0.230. The van der Waals surface area contributed by atoms with Gasteiger partial charge in [0, 0.05) is 11.8 Å². The summed E-state index contributed by atoms with van der Waals surface area (Å²) in [7, 11) is 0. The highest BCUT2D eigenvalue weighted by Gasteiger charge is 2.17. The molecule has 6 nitrogen and oxygen atoms in total. The van der Waals surface area contributed by atoms with Crippen LogP contribution in [0.3, 0.4) is 0 Å². The first-order chi connectivity index (χ1) is 9.15. The van der Waals surface area contributed by atoms with Crippen molar-refractivity contribution in [2.75, 3.05) is 6.79 Å². The van der Waals surface area contributed by atoms with Crippen molar-refractivity contribution < 1.29 is 19.4 Å². The van der Waals surface area contributed by atoms with Crippen molar-refractivity contribution in [3.8, 4) is 22.6 Å². The third kappa shape index (κ3) is 2.01. The quantitative estimate of drug-likeness (QED) is 0.912. The standard InChI is InChI=1S/C13H12N2O4/c1-8(13(16)17)15-6-10(5-14-15)9-2-3-11-12(4-9)19-7-18-11/h2-6,8H,7H2,1H3,(H,16,17). The summed E-state index contributed by atoms with van der Waals surface area (Å²) in [6.07, 6.45) is 3.34. The fourth-order valence-corrected chi connectivity index (χ4v) is 1.89. The molecular weight excluding hydrogens is 248 g/mol. The van der Waals surface area contributed by atoms with Gasteiger partial charge in [0.1, 0.15) is 6.04 Å². The molecule has 0 aliphatic carbocycles. The van der Waals surface area contributed by atoms with Gasteiger partial charge in [-0.25, -0.2) is 4.79 Å². The van der Waals surface area contributed by atoms with E-state index in [0.29, 0.717) is 5.75 Å². The van der Waals surface area contributed by atoms with Crippen LogP contribution < -0.4 is 9.47 Å². The number of nitrogens with zero attached hydrogens (tertiary/aromatic N) is 2. The van der Waals surface area contributed by atoms with Crippen LogP contribution in [0.1, 0.15) is 13.0 Å². The average Bonchev–Trinajstić information content (AvgIpc) is 3.05. The van der Waals surface area contributed by atoms with E-state index in [2.05, 4.69) is 5.10 Å². The topological polar surface area (TPSA) is 73.6 Å². The molecule has 3 rings (SSSR count). The van der Waals surface area contributed by atoms with Gasteiger partial charge in [-0.2, -0.15) is 5.10 Å². The molecule has 0 amide bonds. The predicted octanol–water partition coefficient (Wildman–Crippen LogP) is 1.92. The maximum Gasteiger partial charge on any atom is 0.328 e. The van der Waals surface area contributed by atoms with E-state index in [1.54, 1.807) is 19.3 Å². The Kier molecular flexibility index (Phi) is 2.63. The van der Waals surface area contributed by atoms with E-state index in [-0.39, 0.29) is 6.79 Å². The number of carboxylic acids is 1. The van der Waals surface area contributed by atoms with Gasteiger partial charge in [0.25, 0.3) is 0 Å². The van der Waals surface area contributed by atoms with Gasteiger partial charge in [-0.05, 0) is 24.6 Å². The van der Waals surface area contributed by atoms with Crippen LogP contribution in [0.25, 0.3) is 11.1 Å². The third-order valence-corrected chi connectivity index (χ3v) is 3.06. The summed E-state index contributed by atoms with van der Waals surface area (Å²) >= 11 is 0. The van der Waals surface area contributed by atoms with E-state index in [1.807, 2.05) is 18.2 Å². The van der Waals surface area contributed by atoms with Gasteiger partial charge >= 0.3 is 5.97 Å². The second-order valence-electron chi connectivity index (χ2n) is 4.29. The minimum atomic E-state index is -0.916. The van der Waals surface area contributed by atoms with Crippen LogP contribution in [0.15, 0.2) is 30.6 Å². The van der Waals surface area contributed by atoms with Crippen LogP contribution in [0, 0.1) is 0 Å². The number of ether oxygens (including phenoxy) is 2. The van der Waals surface area contributed by atoms with Crippen molar-refractivity contribution in [1.29, 1.82) is 0 Å². The number of aliphatic carboxylic acids is 1. The number of carboxylic acid groups (broad SMARTS) is 1. The van der Waals surface area contributed by atoms with Gasteiger partial charge < -0.3 is 14.6 Å². The highest BCUT2D eigenvalue weighted by Crippen LogP contribution is 2.35. The highest BCUT2D eigenvalue weighted by atomic mass is 16.7. The van der Waals surface area contributed by atoms with E-state index >= 15 is 0 Å². The summed E-state index contributed by atoms with van der Waals surface area (Å²) < 4.78 is 12.0. The summed E-state index contributed by atoms with van der Waals surface area (Å²) in [4.78, 5) is 10.9. The predicted molar refractivity (Wildman–Crippen MR) is 66.1 cm³/mol. The normalized spacial score (nSPS) is 14.4. The molecule has 0 spiro atoms. The van der Waals surface area contributed by atoms with Gasteiger partial charge in [-0.1, -0.05) is 6.07 Å². The van der Waals surface area contributed by atoms with E-state index in [9.17, 15) is 4.79 Å². The molecule has 0 fully saturated rings. The van der Waals surface area contributed by atoms with Crippen LogP contribution >= 0.6 is 0 Å². The molecule has 2 aromatic rings. The SMILES string of the molecule is CC(C(=O)O)n1cc(-c2ccc3c(c2)OCO3)cn1. The zero-order valence-electron chi connectivity index (χ0n) is 10.2. The van der Waals surface area contributed by atoms with Crippen molar-refractivity contribution in [2.24, 2.45) is 0 Å². The summed E-state index contributed by atoms with van der Waals surface area (Å²) in [6, 6.07) is 4.88. The lowest BCUT2D eigenvalue weighted by molar-refractivity contribution is -0.140. The summed E-state index contributed by atoms with van der Waals surface area (Å²) in [5.41, 5.74) is 1.75. The van der Waals surface area contributed by atoms with Gasteiger partial charge in [0.15, 0.2) is 11.5 Å². The molecule has 0 radical (unpaired) electrons. The Labute approximate surface area is 109 Å². The summed E-state index contributed by atoms with van der Waals surface area (Å²) in [6.45, 7) is 1.81. The number of benzene rings is 1. The number of rotatable bonds is 3. The van der Waals surface area contributed by atoms with Crippen molar-refractivity contribution >= 4 is 5.97 Å². The van der Waals surface area contributed by atoms with E-state index in [0.717, 1.165) is 16.9 Å². The second kappa shape index (κ2) is 4.31. The Bertz CT molecular complexity index is 635. The Hall–Kier alpha value is -2.50. The lowest BCUT2D eigenvalue weighted by atomic mass is 10.1. The monoisotopic (exact) mass is 260 g/mol. The average molecular weight is 260 g/mol. The molecule has 0 saturated carbocycles. The van der Waals surface area contributed by atoms with Gasteiger partial charge in [-0.3, -0.25) is 4.68 Å². The fraction of sp³-hybridized carbons (Fsp3) is 0.231. The molecule has 0 saturated heterocycles. The number of carbonyl (C=O) groups is 1. The highest BCUT2D eigenvalue weighted by molar-refractivity contribution is 5.72. The molecule has 1 aromatic carbocycles. The lowest BCUT2D eigenvalue weighted by Gasteiger charge is -2.05. The molecule has 1 N–H and O–H groups in total. The largest absolute Gasteiger partial charge is 0.480 e. The Balaban J connectivity index is 1.92. The molecule has 1 aromatic heterocycles. The van der Waals surface area contributed by atoms with Crippen molar-refractivity contribution in [1.82, 2.24) is 9.78 Å². The molecule has 6 heteroatoms. The zero-order chi connectivity index (χ0) is 13.4. The van der Waals surface area contributed by atoms with Gasteiger partial charge in [-0.15, -0.1) is 0 Å². The van der Waals surface area contributed by atoms with Gasteiger partial charge in [0.05, 0.1) is 6.20 Å². The summed E-state index contributed by atoms with van der Waals surface area (Å²) in [5.74, 6) is 0.493. The number of hydrogen-bond acceptors (Lipinski definition) is 4. The number of aromatic nitrogens is 2. The van der Waals surface area contributed by atoms with Crippen LogP contribution in [0.5, 0.6) is 11.5 Å². The van der Waals surface area contributed by atoms with Crippen LogP contribution in [-0.2, 0) is 4.79 Å². The zero-order valence-corrected chi connectivity index (χ0v) is 10.2. The maximum absolute atomic E-state index is 10.9. The lowest BCUT2D eigenvalue weighted by Crippen LogP contribution is -2.15. The molecule has 1 unspecified atom stereocenters. The Morgan fingerprint density at radius 3 is 2.95 bits per heavy atom. The molecule has 1 aliphatic heterocycles. The third-order valence-electron chi connectivity index (χ3n) is 3.06. The van der Waals surface area contributed by atoms with Crippen molar-refractivity contribution in [3.63, 3.8) is 0 Å².